The molecule has 1 aliphatic rings. The zero-order valence-corrected chi connectivity index (χ0v) is 19.7. The van der Waals surface area contributed by atoms with Gasteiger partial charge in [0.2, 0.25) is 0 Å². The van der Waals surface area contributed by atoms with Gasteiger partial charge in [-0.3, -0.25) is 0 Å². The lowest BCUT2D eigenvalue weighted by Crippen LogP contribution is -2.53. The van der Waals surface area contributed by atoms with Crippen molar-refractivity contribution in [1.29, 1.82) is 5.26 Å². The number of carbonyl (C=O) groups excluding carboxylic acids is 1. The van der Waals surface area contributed by atoms with E-state index in [2.05, 4.69) is 16.1 Å². The number of carbonyl (C=O) groups is 1. The smallest absolute Gasteiger partial charge is 0.405 e. The number of nitrogens with zero attached hydrogens (tertiary/aromatic N) is 6. The second-order valence-electron chi connectivity index (χ2n) is 8.72. The molecule has 4 rings (SSSR count). The van der Waals surface area contributed by atoms with E-state index >= 15 is 0 Å². The van der Waals surface area contributed by atoms with Gasteiger partial charge < -0.3 is 25.0 Å². The molecule has 0 saturated carbocycles. The Bertz CT molecular complexity index is 1210. The summed E-state index contributed by atoms with van der Waals surface area (Å²) >= 11 is 0. The fourth-order valence-electron chi connectivity index (χ4n) is 4.60. The second-order valence-corrected chi connectivity index (χ2v) is 8.72. The first-order valence-electron chi connectivity index (χ1n) is 11.2. The molecule has 10 heteroatoms. The molecule has 34 heavy (non-hydrogen) atoms. The maximum Gasteiger partial charge on any atom is 0.405 e. The van der Waals surface area contributed by atoms with Crippen molar-refractivity contribution >= 4 is 17.4 Å². The van der Waals surface area contributed by atoms with E-state index in [1.54, 1.807) is 23.1 Å². The fourth-order valence-corrected chi connectivity index (χ4v) is 4.60. The third-order valence-corrected chi connectivity index (χ3v) is 6.00. The monoisotopic (exact) mass is 463 g/mol. The van der Waals surface area contributed by atoms with Crippen LogP contribution in [0.5, 0.6) is 5.75 Å². The molecule has 0 radical (unpaired) electrons. The SMILES string of the molecule is CCOc1cc(-c2ccc(N3CCC(CN(C)C)(OC(N)=O)CC3)nc2)c2c(C#N)cnn2c1. The van der Waals surface area contributed by atoms with Gasteiger partial charge in [0, 0.05) is 49.8 Å². The lowest BCUT2D eigenvalue weighted by molar-refractivity contribution is -0.0194. The van der Waals surface area contributed by atoms with Crippen LogP contribution in [0, 0.1) is 11.3 Å². The van der Waals surface area contributed by atoms with Crippen LogP contribution < -0.4 is 15.4 Å². The van der Waals surface area contributed by atoms with Crippen molar-refractivity contribution < 1.29 is 14.3 Å². The summed E-state index contributed by atoms with van der Waals surface area (Å²) in [5, 5.41) is 13.8. The Kier molecular flexibility index (Phi) is 6.56. The molecule has 3 aromatic heterocycles. The standard InChI is InChI=1S/C24H29N7O3/c1-4-33-19-11-20(22-18(12-25)14-28-31(22)15-19)17-5-6-21(27-13-17)30-9-7-24(8-10-30,16-29(2)3)34-23(26)32/h5-6,11,13-15H,4,7-10,16H2,1-3H3,(H2,26,32). The summed E-state index contributed by atoms with van der Waals surface area (Å²) in [6.07, 6.45) is 5.71. The van der Waals surface area contributed by atoms with Crippen molar-refractivity contribution in [2.24, 2.45) is 5.73 Å². The highest BCUT2D eigenvalue weighted by Gasteiger charge is 2.38. The third kappa shape index (κ3) is 4.75. The van der Waals surface area contributed by atoms with E-state index in [4.69, 9.17) is 20.2 Å². The molecule has 1 amide bonds. The van der Waals surface area contributed by atoms with E-state index in [0.717, 1.165) is 22.5 Å². The number of nitriles is 1. The minimum Gasteiger partial charge on any atom is -0.492 e. The normalized spacial score (nSPS) is 15.3. The number of fused-ring (bicyclic) bond motifs is 1. The quantitative estimate of drug-likeness (QED) is 0.567. The van der Waals surface area contributed by atoms with E-state index in [0.29, 0.717) is 50.4 Å². The van der Waals surface area contributed by atoms with E-state index in [1.165, 1.54) is 0 Å². The minimum absolute atomic E-state index is 0.491. The highest BCUT2D eigenvalue weighted by molar-refractivity contribution is 5.85. The predicted octanol–water partition coefficient (Wildman–Crippen LogP) is 2.66. The van der Waals surface area contributed by atoms with E-state index in [-0.39, 0.29) is 0 Å². The van der Waals surface area contributed by atoms with Gasteiger partial charge in [0.1, 0.15) is 23.2 Å². The Balaban J connectivity index is 1.58. The summed E-state index contributed by atoms with van der Waals surface area (Å²) in [5.74, 6) is 1.51. The highest BCUT2D eigenvalue weighted by atomic mass is 16.6. The molecule has 0 atom stereocenters. The lowest BCUT2D eigenvalue weighted by atomic mass is 9.90. The summed E-state index contributed by atoms with van der Waals surface area (Å²) in [7, 11) is 3.91. The molecule has 178 valence electrons. The van der Waals surface area contributed by atoms with Gasteiger partial charge in [-0.15, -0.1) is 0 Å². The topological polar surface area (TPSA) is 122 Å². The van der Waals surface area contributed by atoms with Gasteiger partial charge in [-0.05, 0) is 39.2 Å². The molecule has 3 aromatic rings. The molecule has 1 aliphatic heterocycles. The summed E-state index contributed by atoms with van der Waals surface area (Å²) in [5.41, 5.74) is 7.66. The summed E-state index contributed by atoms with van der Waals surface area (Å²) in [6.45, 7) is 4.45. The van der Waals surface area contributed by atoms with Crippen LogP contribution in [0.1, 0.15) is 25.3 Å². The number of amides is 1. The number of anilines is 1. The molecule has 0 bridgehead atoms. The molecule has 1 saturated heterocycles. The van der Waals surface area contributed by atoms with Gasteiger partial charge in [-0.25, -0.2) is 14.3 Å². The average molecular weight is 464 g/mol. The third-order valence-electron chi connectivity index (χ3n) is 6.00. The first kappa shape index (κ1) is 23.3. The van der Waals surface area contributed by atoms with Crippen molar-refractivity contribution in [1.82, 2.24) is 19.5 Å². The zero-order valence-electron chi connectivity index (χ0n) is 19.7. The number of aromatic nitrogens is 3. The second kappa shape index (κ2) is 9.57. The van der Waals surface area contributed by atoms with Crippen LogP contribution in [0.4, 0.5) is 10.6 Å². The minimum atomic E-state index is -0.741. The lowest BCUT2D eigenvalue weighted by Gasteiger charge is -2.42. The van der Waals surface area contributed by atoms with Crippen LogP contribution in [0.15, 0.2) is 36.8 Å². The van der Waals surface area contributed by atoms with Crippen molar-refractivity contribution in [3.05, 3.63) is 42.4 Å². The summed E-state index contributed by atoms with van der Waals surface area (Å²) in [4.78, 5) is 20.4. The Morgan fingerprint density at radius 3 is 2.65 bits per heavy atom. The molecule has 0 unspecified atom stereocenters. The number of pyridine rings is 2. The number of hydrogen-bond acceptors (Lipinski definition) is 8. The van der Waals surface area contributed by atoms with Crippen LogP contribution in [0.3, 0.4) is 0 Å². The van der Waals surface area contributed by atoms with Gasteiger partial charge in [-0.1, -0.05) is 0 Å². The Hall–Kier alpha value is -3.84. The first-order valence-corrected chi connectivity index (χ1v) is 11.2. The molecule has 0 spiro atoms. The molecule has 1 fully saturated rings. The number of rotatable bonds is 7. The predicted molar refractivity (Wildman–Crippen MR) is 128 cm³/mol. The fraction of sp³-hybridized carbons (Fsp3) is 0.417. The molecule has 4 heterocycles. The van der Waals surface area contributed by atoms with E-state index in [9.17, 15) is 10.1 Å². The molecular weight excluding hydrogens is 434 g/mol. The van der Waals surface area contributed by atoms with Crippen LogP contribution in [-0.2, 0) is 4.74 Å². The Morgan fingerprint density at radius 1 is 1.29 bits per heavy atom. The number of nitrogens with two attached hydrogens (primary N) is 1. The molecule has 0 aliphatic carbocycles. The van der Waals surface area contributed by atoms with Gasteiger partial charge in [0.05, 0.1) is 30.1 Å². The van der Waals surface area contributed by atoms with Gasteiger partial charge >= 0.3 is 6.09 Å². The van der Waals surface area contributed by atoms with E-state index in [1.807, 2.05) is 44.1 Å². The average Bonchev–Trinajstić information content (AvgIpc) is 3.21. The molecule has 10 nitrogen and oxygen atoms in total. The number of ether oxygens (including phenoxy) is 2. The summed E-state index contributed by atoms with van der Waals surface area (Å²) in [6, 6.07) is 8.08. The van der Waals surface area contributed by atoms with Crippen LogP contribution in [-0.4, -0.2) is 71.5 Å². The molecule has 2 N–H and O–H groups in total. The number of primary amides is 1. The van der Waals surface area contributed by atoms with Crippen molar-refractivity contribution in [3.63, 3.8) is 0 Å². The maximum atomic E-state index is 11.5. The molecular formula is C24H29N7O3. The molecule has 0 aromatic carbocycles. The van der Waals surface area contributed by atoms with Crippen LogP contribution in [0.2, 0.25) is 0 Å². The summed E-state index contributed by atoms with van der Waals surface area (Å²) < 4.78 is 12.9. The van der Waals surface area contributed by atoms with Crippen molar-refractivity contribution in [2.75, 3.05) is 45.2 Å². The Labute approximate surface area is 198 Å². The number of hydrogen-bond donors (Lipinski definition) is 1. The maximum absolute atomic E-state index is 11.5. The van der Waals surface area contributed by atoms with Crippen molar-refractivity contribution in [3.8, 4) is 22.9 Å². The number of piperidine rings is 1. The largest absolute Gasteiger partial charge is 0.492 e. The highest BCUT2D eigenvalue weighted by Crippen LogP contribution is 2.33. The van der Waals surface area contributed by atoms with Crippen molar-refractivity contribution in [2.45, 2.75) is 25.4 Å². The Morgan fingerprint density at radius 2 is 2.06 bits per heavy atom. The zero-order chi connectivity index (χ0) is 24.3. The van der Waals surface area contributed by atoms with Gasteiger partial charge in [0.15, 0.2) is 0 Å². The van der Waals surface area contributed by atoms with Crippen LogP contribution >= 0.6 is 0 Å². The van der Waals surface area contributed by atoms with E-state index < -0.39 is 11.7 Å². The first-order chi connectivity index (χ1) is 16.3. The van der Waals surface area contributed by atoms with Gasteiger partial charge in [-0.2, -0.15) is 10.4 Å². The number of likely N-dealkylation sites (N-methyl/N-ethyl adjacent to an activating group) is 1. The van der Waals surface area contributed by atoms with Gasteiger partial charge in [0.25, 0.3) is 0 Å². The van der Waals surface area contributed by atoms with Crippen LogP contribution in [0.25, 0.3) is 16.6 Å².